The number of ether oxygens (including phenoxy) is 2. The van der Waals surface area contributed by atoms with E-state index in [9.17, 15) is 14.4 Å². The summed E-state index contributed by atoms with van der Waals surface area (Å²) in [5.41, 5.74) is 4.14. The van der Waals surface area contributed by atoms with E-state index in [2.05, 4.69) is 34.8 Å². The smallest absolute Gasteiger partial charge is 0.407 e. The quantitative estimate of drug-likeness (QED) is 0.0877. The number of amides is 4. The fourth-order valence-electron chi connectivity index (χ4n) is 6.43. The van der Waals surface area contributed by atoms with Crippen molar-refractivity contribution in [2.75, 3.05) is 0 Å². The Hall–Kier alpha value is -4.33. The van der Waals surface area contributed by atoms with E-state index in [-0.39, 0.29) is 36.7 Å². The molecule has 0 aliphatic heterocycles. The van der Waals surface area contributed by atoms with Crippen molar-refractivity contribution < 1.29 is 23.9 Å². The van der Waals surface area contributed by atoms with Crippen LogP contribution in [0, 0.1) is 0 Å². The highest BCUT2D eigenvalue weighted by Crippen LogP contribution is 2.30. The van der Waals surface area contributed by atoms with Crippen LogP contribution >= 0.6 is 22.7 Å². The first-order valence-electron chi connectivity index (χ1n) is 19.2. The number of alkyl carbamates (subject to hydrolysis) is 1. The number of hydrogen-bond acceptors (Lipinski definition) is 9. The molecule has 1 fully saturated rings. The number of benzene rings is 2. The number of nitrogens with zero attached hydrogens (tertiary/aromatic N) is 3. The zero-order chi connectivity index (χ0) is 39.4. The highest BCUT2D eigenvalue weighted by Gasteiger charge is 2.38. The lowest BCUT2D eigenvalue weighted by Gasteiger charge is -2.33. The summed E-state index contributed by atoms with van der Waals surface area (Å²) in [4.78, 5) is 53.0. The molecule has 11 nitrogen and oxygen atoms in total. The molecular weight excluding hydrogens is 733 g/mol. The molecule has 0 radical (unpaired) electrons. The summed E-state index contributed by atoms with van der Waals surface area (Å²) in [5.74, 6) is -0.0179. The maximum absolute atomic E-state index is 14.4. The van der Waals surface area contributed by atoms with Gasteiger partial charge in [-0.1, -0.05) is 74.5 Å². The van der Waals surface area contributed by atoms with Crippen LogP contribution in [0.4, 0.5) is 9.59 Å². The van der Waals surface area contributed by atoms with Crippen LogP contribution in [0.1, 0.15) is 99.8 Å². The summed E-state index contributed by atoms with van der Waals surface area (Å²) >= 11 is 3.04. The largest absolute Gasteiger partial charge is 0.444 e. The molecule has 0 bridgehead atoms. The third kappa shape index (κ3) is 14.0. The Morgan fingerprint density at radius 2 is 1.49 bits per heavy atom. The van der Waals surface area contributed by atoms with E-state index < -0.39 is 23.8 Å². The lowest BCUT2D eigenvalue weighted by molar-refractivity contribution is -0.131. The number of carbonyl (C=O) groups is 3. The SMILES string of the molecule is CC(C)c1nc(CN(C(=O)NC(C(=O)NC(CCC(Cc2ccccc2)NC(=O)OCc2cncs2)Cc2ccccc2)C(C)OC(C)(C)C)C2CC2)cs1. The van der Waals surface area contributed by atoms with Crippen LogP contribution < -0.4 is 16.0 Å². The maximum Gasteiger partial charge on any atom is 0.407 e. The van der Waals surface area contributed by atoms with Gasteiger partial charge in [0, 0.05) is 35.6 Å². The van der Waals surface area contributed by atoms with Crippen LogP contribution in [0.25, 0.3) is 0 Å². The van der Waals surface area contributed by atoms with E-state index in [4.69, 9.17) is 14.5 Å². The van der Waals surface area contributed by atoms with Crippen LogP contribution in [0.15, 0.2) is 77.8 Å². The summed E-state index contributed by atoms with van der Waals surface area (Å²) < 4.78 is 11.8. The second kappa shape index (κ2) is 20.0. The fraction of sp³-hybridized carbons (Fsp3) is 0.500. The summed E-state index contributed by atoms with van der Waals surface area (Å²) in [6.07, 6.45) is 4.64. The van der Waals surface area contributed by atoms with Crippen LogP contribution in [-0.4, -0.2) is 68.8 Å². The van der Waals surface area contributed by atoms with Crippen molar-refractivity contribution in [2.24, 2.45) is 0 Å². The second-order valence-corrected chi connectivity index (χ2v) is 17.5. The molecule has 3 N–H and O–H groups in total. The van der Waals surface area contributed by atoms with E-state index in [1.54, 1.807) is 27.9 Å². The van der Waals surface area contributed by atoms with Gasteiger partial charge in [0.05, 0.1) is 39.3 Å². The van der Waals surface area contributed by atoms with Gasteiger partial charge in [-0.15, -0.1) is 22.7 Å². The first-order valence-corrected chi connectivity index (χ1v) is 21.0. The van der Waals surface area contributed by atoms with Crippen molar-refractivity contribution in [2.45, 2.75) is 135 Å². The monoisotopic (exact) mass is 788 g/mol. The molecule has 55 heavy (non-hydrogen) atoms. The Balaban J connectivity index is 1.32. The molecule has 2 aromatic heterocycles. The minimum Gasteiger partial charge on any atom is -0.444 e. The Labute approximate surface area is 333 Å². The molecule has 1 saturated carbocycles. The molecule has 0 spiro atoms. The minimum absolute atomic E-state index is 0.0975. The molecule has 4 aromatic rings. The third-order valence-electron chi connectivity index (χ3n) is 9.23. The zero-order valence-electron chi connectivity index (χ0n) is 32.8. The standard InChI is InChI=1S/C42H56N6O5S2/c1-28(2)39-45-34(26-54-39)24-48(35-19-20-35)40(50)47-37(29(3)53-42(4,5)6)38(49)44-32(21-30-13-9-7-10-14-30)17-18-33(22-31-15-11-8-12-16-31)46-41(51)52-25-36-23-43-27-55-36/h7-16,23,26-29,32-33,35,37H,17-22,24-25H2,1-6H3,(H,44,49)(H,46,51)(H,47,50). The summed E-state index contributed by atoms with van der Waals surface area (Å²) in [5, 5.41) is 12.5. The van der Waals surface area contributed by atoms with Gasteiger partial charge < -0.3 is 30.3 Å². The van der Waals surface area contributed by atoms with Crippen LogP contribution in [0.3, 0.4) is 0 Å². The first kappa shape index (κ1) is 41.8. The number of aromatic nitrogens is 2. The fourth-order valence-corrected chi connectivity index (χ4v) is 7.76. The van der Waals surface area contributed by atoms with E-state index in [0.29, 0.717) is 38.1 Å². The highest BCUT2D eigenvalue weighted by atomic mass is 32.1. The van der Waals surface area contributed by atoms with Crippen molar-refractivity contribution >= 4 is 40.7 Å². The van der Waals surface area contributed by atoms with Crippen LogP contribution in [0.2, 0.25) is 0 Å². The van der Waals surface area contributed by atoms with Gasteiger partial charge in [0.25, 0.3) is 0 Å². The average molecular weight is 789 g/mol. The van der Waals surface area contributed by atoms with Crippen molar-refractivity contribution in [1.82, 2.24) is 30.8 Å². The van der Waals surface area contributed by atoms with Gasteiger partial charge in [0.1, 0.15) is 12.6 Å². The number of urea groups is 1. The summed E-state index contributed by atoms with van der Waals surface area (Å²) in [6.45, 7) is 12.4. The average Bonchev–Trinajstić information content (AvgIpc) is 3.62. The zero-order valence-corrected chi connectivity index (χ0v) is 34.5. The molecule has 296 valence electrons. The number of carbonyl (C=O) groups excluding carboxylic acids is 3. The Morgan fingerprint density at radius 1 is 0.873 bits per heavy atom. The van der Waals surface area contributed by atoms with Gasteiger partial charge in [-0.25, -0.2) is 14.6 Å². The van der Waals surface area contributed by atoms with Crippen molar-refractivity contribution in [3.8, 4) is 0 Å². The first-order chi connectivity index (χ1) is 26.3. The van der Waals surface area contributed by atoms with E-state index in [0.717, 1.165) is 39.5 Å². The maximum atomic E-state index is 14.4. The molecule has 13 heteroatoms. The third-order valence-corrected chi connectivity index (χ3v) is 11.2. The summed E-state index contributed by atoms with van der Waals surface area (Å²) in [6, 6.07) is 18.2. The van der Waals surface area contributed by atoms with Gasteiger partial charge >= 0.3 is 12.1 Å². The molecule has 5 rings (SSSR count). The molecule has 1 aliphatic rings. The molecule has 2 heterocycles. The Bertz CT molecular complexity index is 1780. The van der Waals surface area contributed by atoms with Crippen molar-refractivity contribution in [3.05, 3.63) is 104 Å². The molecule has 4 atom stereocenters. The molecular formula is C42H56N6O5S2. The predicted molar refractivity (Wildman–Crippen MR) is 218 cm³/mol. The second-order valence-electron chi connectivity index (χ2n) is 15.6. The highest BCUT2D eigenvalue weighted by molar-refractivity contribution is 7.09. The normalized spacial score (nSPS) is 15.1. The van der Waals surface area contributed by atoms with E-state index >= 15 is 0 Å². The van der Waals surface area contributed by atoms with Gasteiger partial charge in [0.15, 0.2) is 0 Å². The van der Waals surface area contributed by atoms with Crippen LogP contribution in [-0.2, 0) is 40.3 Å². The van der Waals surface area contributed by atoms with Gasteiger partial charge in [-0.2, -0.15) is 0 Å². The van der Waals surface area contributed by atoms with Gasteiger partial charge in [-0.05, 0) is 77.3 Å². The van der Waals surface area contributed by atoms with E-state index in [1.807, 2.05) is 93.7 Å². The lowest BCUT2D eigenvalue weighted by atomic mass is 9.95. The molecule has 1 aliphatic carbocycles. The molecule has 4 unspecified atom stereocenters. The number of thiazole rings is 2. The topological polar surface area (TPSA) is 135 Å². The Kier molecular flexibility index (Phi) is 15.2. The van der Waals surface area contributed by atoms with Gasteiger partial charge in [-0.3, -0.25) is 9.78 Å². The van der Waals surface area contributed by atoms with E-state index in [1.165, 1.54) is 11.3 Å². The molecule has 0 saturated heterocycles. The molecule has 4 amide bonds. The lowest BCUT2D eigenvalue weighted by Crippen LogP contribution is -2.58. The number of rotatable bonds is 19. The number of nitrogens with one attached hydrogen (secondary N) is 3. The minimum atomic E-state index is -0.965. The predicted octanol–water partition coefficient (Wildman–Crippen LogP) is 8.01. The van der Waals surface area contributed by atoms with Crippen molar-refractivity contribution in [3.63, 3.8) is 0 Å². The molecule has 2 aromatic carbocycles. The van der Waals surface area contributed by atoms with Crippen molar-refractivity contribution in [1.29, 1.82) is 0 Å². The summed E-state index contributed by atoms with van der Waals surface area (Å²) in [7, 11) is 0. The van der Waals surface area contributed by atoms with Crippen LogP contribution in [0.5, 0.6) is 0 Å². The number of hydrogen-bond donors (Lipinski definition) is 3. The Morgan fingerprint density at radius 3 is 2.02 bits per heavy atom. The van der Waals surface area contributed by atoms with Gasteiger partial charge in [0.2, 0.25) is 5.91 Å².